The van der Waals surface area contributed by atoms with Gasteiger partial charge in [0.2, 0.25) is 5.91 Å². The summed E-state index contributed by atoms with van der Waals surface area (Å²) in [5.41, 5.74) is 2.22. The van der Waals surface area contributed by atoms with Crippen LogP contribution >= 0.6 is 0 Å². The molecule has 0 saturated carbocycles. The van der Waals surface area contributed by atoms with Gasteiger partial charge in [-0.3, -0.25) is 9.69 Å². The van der Waals surface area contributed by atoms with Gasteiger partial charge < -0.3 is 19.9 Å². The van der Waals surface area contributed by atoms with E-state index < -0.39 is 0 Å². The molecule has 2 aliphatic heterocycles. The van der Waals surface area contributed by atoms with Crippen molar-refractivity contribution in [3.8, 4) is 0 Å². The summed E-state index contributed by atoms with van der Waals surface area (Å²) >= 11 is 0. The van der Waals surface area contributed by atoms with Crippen LogP contribution in [0, 0.1) is 0 Å². The van der Waals surface area contributed by atoms with E-state index in [9.17, 15) is 4.79 Å². The minimum atomic E-state index is -0.0538. The number of pyridine rings is 1. The summed E-state index contributed by atoms with van der Waals surface area (Å²) in [5, 5.41) is 3.09. The van der Waals surface area contributed by atoms with Crippen molar-refractivity contribution in [1.82, 2.24) is 15.2 Å². The standard InChI is InChI=1S/C25H33N5O2/c1-21(20-28-12-14-30(15-13-28)24-4-2-3-11-26-24)27-25(31)10-7-22-5-8-23(9-6-22)29-16-18-32-19-17-29/h2-11,21H,12-20H2,1H3,(H,27,31)/b10-7+. The van der Waals surface area contributed by atoms with E-state index in [0.29, 0.717) is 0 Å². The maximum absolute atomic E-state index is 12.4. The van der Waals surface area contributed by atoms with Crippen LogP contribution in [0.4, 0.5) is 11.5 Å². The number of aromatic nitrogens is 1. The molecule has 0 radical (unpaired) electrons. The number of rotatable bonds is 7. The number of hydrogen-bond donors (Lipinski definition) is 1. The first-order valence-electron chi connectivity index (χ1n) is 11.5. The first kappa shape index (κ1) is 22.3. The number of carbonyl (C=O) groups is 1. The predicted molar refractivity (Wildman–Crippen MR) is 129 cm³/mol. The number of ether oxygens (including phenoxy) is 1. The molecule has 7 heteroatoms. The fourth-order valence-corrected chi connectivity index (χ4v) is 4.21. The molecule has 2 fully saturated rings. The van der Waals surface area contributed by atoms with Crippen molar-refractivity contribution in [2.45, 2.75) is 13.0 Å². The van der Waals surface area contributed by atoms with Crippen LogP contribution in [0.1, 0.15) is 12.5 Å². The van der Waals surface area contributed by atoms with Crippen molar-refractivity contribution < 1.29 is 9.53 Å². The molecule has 1 aromatic carbocycles. The molecule has 2 aliphatic rings. The number of anilines is 2. The molecule has 170 valence electrons. The number of benzene rings is 1. The molecule has 1 N–H and O–H groups in total. The van der Waals surface area contributed by atoms with E-state index in [0.717, 1.165) is 70.4 Å². The van der Waals surface area contributed by atoms with E-state index in [2.05, 4.69) is 62.3 Å². The van der Waals surface area contributed by atoms with Crippen molar-refractivity contribution >= 4 is 23.5 Å². The van der Waals surface area contributed by atoms with Gasteiger partial charge in [0.25, 0.3) is 0 Å². The van der Waals surface area contributed by atoms with E-state index in [1.807, 2.05) is 24.4 Å². The van der Waals surface area contributed by atoms with Crippen molar-refractivity contribution in [3.05, 3.63) is 60.3 Å². The second kappa shape index (κ2) is 11.1. The third kappa shape index (κ3) is 6.31. The third-order valence-corrected chi connectivity index (χ3v) is 5.96. The molecular weight excluding hydrogens is 402 g/mol. The Labute approximate surface area is 190 Å². The second-order valence-electron chi connectivity index (χ2n) is 8.41. The molecule has 4 rings (SSSR count). The van der Waals surface area contributed by atoms with Gasteiger partial charge in [0, 0.05) is 69.8 Å². The normalized spacial score (nSPS) is 18.7. The summed E-state index contributed by atoms with van der Waals surface area (Å²) in [6.07, 6.45) is 5.33. The topological polar surface area (TPSA) is 60.9 Å². The Hall–Kier alpha value is -2.90. The molecule has 0 spiro atoms. The lowest BCUT2D eigenvalue weighted by molar-refractivity contribution is -0.117. The van der Waals surface area contributed by atoms with Crippen LogP contribution in [0.5, 0.6) is 0 Å². The van der Waals surface area contributed by atoms with Crippen molar-refractivity contribution in [3.63, 3.8) is 0 Å². The average molecular weight is 436 g/mol. The number of nitrogens with one attached hydrogen (secondary N) is 1. The van der Waals surface area contributed by atoms with Crippen LogP contribution in [-0.2, 0) is 9.53 Å². The highest BCUT2D eigenvalue weighted by molar-refractivity contribution is 5.91. The molecule has 0 aliphatic carbocycles. The van der Waals surface area contributed by atoms with Crippen molar-refractivity contribution in [2.24, 2.45) is 0 Å². The zero-order valence-corrected chi connectivity index (χ0v) is 18.8. The van der Waals surface area contributed by atoms with Crippen LogP contribution in [-0.4, -0.2) is 80.9 Å². The van der Waals surface area contributed by atoms with Gasteiger partial charge in [-0.05, 0) is 42.8 Å². The zero-order chi connectivity index (χ0) is 22.2. The van der Waals surface area contributed by atoms with Gasteiger partial charge in [-0.2, -0.15) is 0 Å². The van der Waals surface area contributed by atoms with E-state index in [1.165, 1.54) is 5.69 Å². The minimum Gasteiger partial charge on any atom is -0.378 e. The van der Waals surface area contributed by atoms with Crippen LogP contribution in [0.25, 0.3) is 6.08 Å². The molecule has 0 bridgehead atoms. The first-order chi connectivity index (χ1) is 15.7. The lowest BCUT2D eigenvalue weighted by atomic mass is 10.1. The fourth-order valence-electron chi connectivity index (χ4n) is 4.21. The molecule has 2 saturated heterocycles. The molecule has 1 atom stereocenters. The first-order valence-corrected chi connectivity index (χ1v) is 11.5. The van der Waals surface area contributed by atoms with Crippen molar-refractivity contribution in [1.29, 1.82) is 0 Å². The summed E-state index contributed by atoms with van der Waals surface area (Å²) in [6.45, 7) is 10.2. The summed E-state index contributed by atoms with van der Waals surface area (Å²) in [4.78, 5) is 23.8. The van der Waals surface area contributed by atoms with Crippen LogP contribution in [0.2, 0.25) is 0 Å². The Balaban J connectivity index is 1.19. The Kier molecular flexibility index (Phi) is 7.74. The van der Waals surface area contributed by atoms with Gasteiger partial charge in [-0.1, -0.05) is 18.2 Å². The predicted octanol–water partition coefficient (Wildman–Crippen LogP) is 2.26. The van der Waals surface area contributed by atoms with Gasteiger partial charge >= 0.3 is 0 Å². The van der Waals surface area contributed by atoms with Gasteiger partial charge in [-0.25, -0.2) is 4.98 Å². The van der Waals surface area contributed by atoms with Crippen molar-refractivity contribution in [2.75, 3.05) is 68.8 Å². The largest absolute Gasteiger partial charge is 0.378 e. The monoisotopic (exact) mass is 435 g/mol. The highest BCUT2D eigenvalue weighted by Crippen LogP contribution is 2.17. The molecule has 2 aromatic rings. The van der Waals surface area contributed by atoms with E-state index in [-0.39, 0.29) is 11.9 Å². The number of nitrogens with zero attached hydrogens (tertiary/aromatic N) is 4. The smallest absolute Gasteiger partial charge is 0.244 e. The fraction of sp³-hybridized carbons (Fsp3) is 0.440. The number of hydrogen-bond acceptors (Lipinski definition) is 6. The Morgan fingerprint density at radius 2 is 1.78 bits per heavy atom. The SMILES string of the molecule is CC(CN1CCN(c2ccccn2)CC1)NC(=O)/C=C/c1ccc(N2CCOCC2)cc1. The zero-order valence-electron chi connectivity index (χ0n) is 18.8. The van der Waals surface area contributed by atoms with E-state index >= 15 is 0 Å². The average Bonchev–Trinajstić information content (AvgIpc) is 2.84. The highest BCUT2D eigenvalue weighted by atomic mass is 16.5. The van der Waals surface area contributed by atoms with Crippen LogP contribution in [0.3, 0.4) is 0 Å². The van der Waals surface area contributed by atoms with Gasteiger partial charge in [0.1, 0.15) is 5.82 Å². The van der Waals surface area contributed by atoms with E-state index in [1.54, 1.807) is 6.08 Å². The number of morpholine rings is 1. The van der Waals surface area contributed by atoms with Crippen LogP contribution in [0.15, 0.2) is 54.7 Å². The van der Waals surface area contributed by atoms with Gasteiger partial charge in [0.05, 0.1) is 13.2 Å². The third-order valence-electron chi connectivity index (χ3n) is 5.96. The lowest BCUT2D eigenvalue weighted by Gasteiger charge is -2.36. The second-order valence-corrected chi connectivity index (χ2v) is 8.41. The number of amides is 1. The Morgan fingerprint density at radius 3 is 2.47 bits per heavy atom. The molecule has 1 unspecified atom stereocenters. The van der Waals surface area contributed by atoms with Gasteiger partial charge in [-0.15, -0.1) is 0 Å². The maximum atomic E-state index is 12.4. The minimum absolute atomic E-state index is 0.0538. The Bertz CT molecular complexity index is 873. The maximum Gasteiger partial charge on any atom is 0.244 e. The molecule has 7 nitrogen and oxygen atoms in total. The molecular formula is C25H33N5O2. The molecule has 32 heavy (non-hydrogen) atoms. The molecule has 1 aromatic heterocycles. The summed E-state index contributed by atoms with van der Waals surface area (Å²) in [5.74, 6) is 0.985. The van der Waals surface area contributed by atoms with Gasteiger partial charge in [0.15, 0.2) is 0 Å². The quantitative estimate of drug-likeness (QED) is 0.674. The summed E-state index contributed by atoms with van der Waals surface area (Å²) in [6, 6.07) is 14.4. The van der Waals surface area contributed by atoms with Crippen LogP contribution < -0.4 is 15.1 Å². The Morgan fingerprint density at radius 1 is 1.03 bits per heavy atom. The molecule has 1 amide bonds. The van der Waals surface area contributed by atoms with E-state index in [4.69, 9.17) is 4.74 Å². The summed E-state index contributed by atoms with van der Waals surface area (Å²) < 4.78 is 5.41. The number of piperazine rings is 1. The molecule has 3 heterocycles. The summed E-state index contributed by atoms with van der Waals surface area (Å²) in [7, 11) is 0. The highest BCUT2D eigenvalue weighted by Gasteiger charge is 2.19. The lowest BCUT2D eigenvalue weighted by Crippen LogP contribution is -2.50. The number of carbonyl (C=O) groups excluding carboxylic acids is 1.